The minimum atomic E-state index is -0.925. The third-order valence-electron chi connectivity index (χ3n) is 5.20. The predicted molar refractivity (Wildman–Crippen MR) is 98.2 cm³/mol. The molecule has 0 spiro atoms. The summed E-state index contributed by atoms with van der Waals surface area (Å²) in [5, 5.41) is 9.03. The number of rotatable bonds is 4. The molecule has 4 rings (SSSR count). The van der Waals surface area contributed by atoms with Crippen LogP contribution in [0.4, 0.5) is 0 Å². The Balaban J connectivity index is 1.41. The zero-order valence-corrected chi connectivity index (χ0v) is 14.9. The van der Waals surface area contributed by atoms with Gasteiger partial charge < -0.3 is 19.5 Å². The Morgan fingerprint density at radius 1 is 1.07 bits per heavy atom. The van der Waals surface area contributed by atoms with Crippen LogP contribution >= 0.6 is 0 Å². The molecule has 1 amide bonds. The zero-order chi connectivity index (χ0) is 18.8. The van der Waals surface area contributed by atoms with Crippen molar-refractivity contribution in [3.63, 3.8) is 0 Å². The average molecular weight is 367 g/mol. The van der Waals surface area contributed by atoms with Gasteiger partial charge in [0.05, 0.1) is 12.0 Å². The summed E-state index contributed by atoms with van der Waals surface area (Å²) in [5.74, 6) is 0.818. The molecule has 1 N–H and O–H groups in total. The van der Waals surface area contributed by atoms with Crippen LogP contribution in [0.5, 0.6) is 11.5 Å². The summed E-state index contributed by atoms with van der Waals surface area (Å²) in [7, 11) is 0. The van der Waals surface area contributed by atoms with Crippen molar-refractivity contribution in [1.82, 2.24) is 4.90 Å². The fourth-order valence-electron chi connectivity index (χ4n) is 3.71. The van der Waals surface area contributed by atoms with Crippen molar-refractivity contribution in [3.8, 4) is 11.5 Å². The van der Waals surface area contributed by atoms with Crippen LogP contribution in [0.2, 0.25) is 0 Å². The molecule has 0 aliphatic carbocycles. The zero-order valence-electron chi connectivity index (χ0n) is 14.9. The van der Waals surface area contributed by atoms with Crippen LogP contribution in [0, 0.1) is 0 Å². The standard InChI is InChI=1S/C21H21NO5/c23-20(11-14-3-8-18-19(10-14)27-13-26-18)22-9-1-2-17(12-22)15-4-6-16(7-5-15)21(24)25/h3-8,10,17H,1-2,9,11-13H2,(H,24,25)/t17-/m0/s1. The van der Waals surface area contributed by atoms with Crippen LogP contribution in [-0.4, -0.2) is 41.8 Å². The number of hydrogen-bond donors (Lipinski definition) is 1. The van der Waals surface area contributed by atoms with Gasteiger partial charge in [-0.3, -0.25) is 4.79 Å². The fraction of sp³-hybridized carbons (Fsp3) is 0.333. The molecule has 2 heterocycles. The van der Waals surface area contributed by atoms with Gasteiger partial charge in [-0.2, -0.15) is 0 Å². The molecule has 6 nitrogen and oxygen atoms in total. The molecule has 2 aromatic carbocycles. The molecule has 27 heavy (non-hydrogen) atoms. The second kappa shape index (κ2) is 7.31. The Hall–Kier alpha value is -3.02. The highest BCUT2D eigenvalue weighted by Crippen LogP contribution is 2.33. The third kappa shape index (κ3) is 3.74. The monoisotopic (exact) mass is 367 g/mol. The largest absolute Gasteiger partial charge is 0.478 e. The minimum Gasteiger partial charge on any atom is -0.478 e. The van der Waals surface area contributed by atoms with Gasteiger partial charge in [0, 0.05) is 19.0 Å². The van der Waals surface area contributed by atoms with Gasteiger partial charge in [-0.1, -0.05) is 18.2 Å². The Morgan fingerprint density at radius 2 is 1.85 bits per heavy atom. The number of ether oxygens (including phenoxy) is 2. The molecule has 6 heteroatoms. The Labute approximate surface area is 157 Å². The van der Waals surface area contributed by atoms with E-state index in [9.17, 15) is 9.59 Å². The quantitative estimate of drug-likeness (QED) is 0.899. The van der Waals surface area contributed by atoms with Crippen LogP contribution in [0.15, 0.2) is 42.5 Å². The van der Waals surface area contributed by atoms with Crippen LogP contribution in [0.1, 0.15) is 40.2 Å². The molecule has 2 aliphatic rings. The number of aromatic carboxylic acids is 1. The van der Waals surface area contributed by atoms with Gasteiger partial charge in [-0.05, 0) is 48.2 Å². The first-order valence-electron chi connectivity index (χ1n) is 9.10. The van der Waals surface area contributed by atoms with Gasteiger partial charge in [0.2, 0.25) is 12.7 Å². The van der Waals surface area contributed by atoms with Crippen LogP contribution in [-0.2, 0) is 11.2 Å². The van der Waals surface area contributed by atoms with Gasteiger partial charge in [-0.25, -0.2) is 4.79 Å². The van der Waals surface area contributed by atoms with E-state index >= 15 is 0 Å². The second-order valence-corrected chi connectivity index (χ2v) is 6.97. The topological polar surface area (TPSA) is 76.1 Å². The maximum absolute atomic E-state index is 12.8. The molecule has 1 saturated heterocycles. The lowest BCUT2D eigenvalue weighted by Gasteiger charge is -2.33. The first-order chi connectivity index (χ1) is 13.1. The number of fused-ring (bicyclic) bond motifs is 1. The highest BCUT2D eigenvalue weighted by Gasteiger charge is 2.25. The summed E-state index contributed by atoms with van der Waals surface area (Å²) in [6.45, 7) is 1.64. The van der Waals surface area contributed by atoms with E-state index in [1.54, 1.807) is 12.1 Å². The van der Waals surface area contributed by atoms with Gasteiger partial charge in [-0.15, -0.1) is 0 Å². The van der Waals surface area contributed by atoms with E-state index in [-0.39, 0.29) is 24.2 Å². The van der Waals surface area contributed by atoms with E-state index in [1.165, 1.54) is 0 Å². The van der Waals surface area contributed by atoms with Crippen molar-refractivity contribution in [2.24, 2.45) is 0 Å². The molecule has 0 aromatic heterocycles. The van der Waals surface area contributed by atoms with E-state index in [2.05, 4.69) is 0 Å². The molecule has 1 atom stereocenters. The fourth-order valence-corrected chi connectivity index (χ4v) is 3.71. The lowest BCUT2D eigenvalue weighted by atomic mass is 9.90. The second-order valence-electron chi connectivity index (χ2n) is 6.97. The van der Waals surface area contributed by atoms with Gasteiger partial charge in [0.25, 0.3) is 0 Å². The number of benzene rings is 2. The highest BCUT2D eigenvalue weighted by atomic mass is 16.7. The summed E-state index contributed by atoms with van der Waals surface area (Å²) in [6.07, 6.45) is 2.28. The maximum atomic E-state index is 12.8. The van der Waals surface area contributed by atoms with Crippen molar-refractivity contribution < 1.29 is 24.2 Å². The molecular weight excluding hydrogens is 346 g/mol. The summed E-state index contributed by atoms with van der Waals surface area (Å²) in [6, 6.07) is 12.6. The number of carboxylic acid groups (broad SMARTS) is 1. The molecule has 0 saturated carbocycles. The van der Waals surface area contributed by atoms with E-state index in [0.717, 1.165) is 30.5 Å². The lowest BCUT2D eigenvalue weighted by Crippen LogP contribution is -2.39. The number of carboxylic acids is 1. The lowest BCUT2D eigenvalue weighted by molar-refractivity contribution is -0.131. The van der Waals surface area contributed by atoms with E-state index in [1.807, 2.05) is 35.2 Å². The van der Waals surface area contributed by atoms with Crippen molar-refractivity contribution in [2.75, 3.05) is 19.9 Å². The molecule has 140 valence electrons. The van der Waals surface area contributed by atoms with E-state index < -0.39 is 5.97 Å². The van der Waals surface area contributed by atoms with Gasteiger partial charge in [0.1, 0.15) is 0 Å². The molecule has 2 aliphatic heterocycles. The Morgan fingerprint density at radius 3 is 2.63 bits per heavy atom. The number of hydrogen-bond acceptors (Lipinski definition) is 4. The van der Waals surface area contributed by atoms with Gasteiger partial charge in [0.15, 0.2) is 11.5 Å². The molecule has 2 aromatic rings. The van der Waals surface area contributed by atoms with E-state index in [0.29, 0.717) is 24.5 Å². The first-order valence-corrected chi connectivity index (χ1v) is 9.10. The predicted octanol–water partition coefficient (Wildman–Crippen LogP) is 3.06. The smallest absolute Gasteiger partial charge is 0.335 e. The molecule has 0 radical (unpaired) electrons. The highest BCUT2D eigenvalue weighted by molar-refractivity contribution is 5.87. The van der Waals surface area contributed by atoms with Crippen molar-refractivity contribution in [3.05, 3.63) is 59.2 Å². The molecule has 1 fully saturated rings. The maximum Gasteiger partial charge on any atom is 0.335 e. The Kier molecular flexibility index (Phi) is 4.71. The number of amides is 1. The van der Waals surface area contributed by atoms with Gasteiger partial charge >= 0.3 is 5.97 Å². The number of carbonyl (C=O) groups excluding carboxylic acids is 1. The summed E-state index contributed by atoms with van der Waals surface area (Å²) >= 11 is 0. The number of likely N-dealkylation sites (tertiary alicyclic amines) is 1. The molecule has 0 unspecified atom stereocenters. The molecule has 0 bridgehead atoms. The normalized spacial score (nSPS) is 18.4. The minimum absolute atomic E-state index is 0.0979. The first kappa shape index (κ1) is 17.4. The van der Waals surface area contributed by atoms with Crippen molar-refractivity contribution in [1.29, 1.82) is 0 Å². The molecular formula is C21H21NO5. The SMILES string of the molecule is O=C(O)c1ccc([C@H]2CCCN(C(=O)Cc3ccc4c(c3)OCO4)C2)cc1. The number of piperidine rings is 1. The summed E-state index contributed by atoms with van der Waals surface area (Å²) < 4.78 is 10.7. The third-order valence-corrected chi connectivity index (χ3v) is 5.20. The summed E-state index contributed by atoms with van der Waals surface area (Å²) in [5.41, 5.74) is 2.28. The van der Waals surface area contributed by atoms with Crippen LogP contribution in [0.3, 0.4) is 0 Å². The number of carbonyl (C=O) groups is 2. The van der Waals surface area contributed by atoms with E-state index in [4.69, 9.17) is 14.6 Å². The van der Waals surface area contributed by atoms with Crippen LogP contribution < -0.4 is 9.47 Å². The number of nitrogens with zero attached hydrogens (tertiary/aromatic N) is 1. The van der Waals surface area contributed by atoms with Crippen molar-refractivity contribution in [2.45, 2.75) is 25.2 Å². The summed E-state index contributed by atoms with van der Waals surface area (Å²) in [4.78, 5) is 25.7. The average Bonchev–Trinajstić information content (AvgIpc) is 3.16. The Bertz CT molecular complexity index is 861. The van der Waals surface area contributed by atoms with Crippen LogP contribution in [0.25, 0.3) is 0 Å². The van der Waals surface area contributed by atoms with Crippen molar-refractivity contribution >= 4 is 11.9 Å².